The molecule has 3 N–H and O–H groups in total. The Morgan fingerprint density at radius 2 is 2.07 bits per heavy atom. The molecule has 0 saturated heterocycles. The average molecular weight is 205 g/mol. The molecule has 2 aliphatic rings. The van der Waals surface area contributed by atoms with Crippen LogP contribution in [0.15, 0.2) is 0 Å². The van der Waals surface area contributed by atoms with E-state index in [1.807, 2.05) is 0 Å². The Kier molecular flexibility index (Phi) is 2.09. The summed E-state index contributed by atoms with van der Waals surface area (Å²) in [6.07, 6.45) is 8.78. The van der Waals surface area contributed by atoms with E-state index in [1.54, 1.807) is 0 Å². The van der Waals surface area contributed by atoms with Gasteiger partial charge in [0.15, 0.2) is 0 Å². The number of hydrogen-bond acceptors (Lipinski definition) is 2. The van der Waals surface area contributed by atoms with E-state index in [-0.39, 0.29) is 0 Å². The number of aromatic amines is 1. The summed E-state index contributed by atoms with van der Waals surface area (Å²) in [4.78, 5) is 0. The molecule has 82 valence electrons. The molecule has 15 heavy (non-hydrogen) atoms. The number of hydrogen-bond donors (Lipinski definition) is 2. The molecule has 0 amide bonds. The molecule has 0 aliphatic heterocycles. The molecule has 2 aliphatic carbocycles. The molecule has 1 aromatic heterocycles. The molecule has 0 spiro atoms. The fourth-order valence-electron chi connectivity index (χ4n) is 2.95. The maximum absolute atomic E-state index is 5.70. The molecule has 3 rings (SSSR count). The predicted octanol–water partition coefficient (Wildman–Crippen LogP) is 1.67. The van der Waals surface area contributed by atoms with Crippen molar-refractivity contribution in [3.63, 3.8) is 0 Å². The van der Waals surface area contributed by atoms with Crippen LogP contribution < -0.4 is 5.73 Å². The van der Waals surface area contributed by atoms with Crippen LogP contribution in [0.4, 0.5) is 0 Å². The summed E-state index contributed by atoms with van der Waals surface area (Å²) < 4.78 is 0. The summed E-state index contributed by atoms with van der Waals surface area (Å²) in [6, 6.07) is 0. The zero-order chi connectivity index (χ0) is 10.3. The maximum Gasteiger partial charge on any atom is 0.0719 e. The lowest BCUT2D eigenvalue weighted by Crippen LogP contribution is -2.16. The second-order valence-electron chi connectivity index (χ2n) is 5.06. The van der Waals surface area contributed by atoms with Gasteiger partial charge in [-0.25, -0.2) is 0 Å². The SMILES string of the molecule is NCCC1(c2n[nH]c3c2CCCC3)CC1. The zero-order valence-corrected chi connectivity index (χ0v) is 9.18. The predicted molar refractivity (Wildman–Crippen MR) is 59.8 cm³/mol. The van der Waals surface area contributed by atoms with Gasteiger partial charge in [-0.1, -0.05) is 0 Å². The van der Waals surface area contributed by atoms with Gasteiger partial charge in [0.1, 0.15) is 0 Å². The first kappa shape index (κ1) is 9.40. The second-order valence-corrected chi connectivity index (χ2v) is 5.06. The summed E-state index contributed by atoms with van der Waals surface area (Å²) in [5, 5.41) is 7.81. The minimum Gasteiger partial charge on any atom is -0.330 e. The highest BCUT2D eigenvalue weighted by Gasteiger charge is 2.47. The van der Waals surface area contributed by atoms with Crippen molar-refractivity contribution < 1.29 is 0 Å². The lowest BCUT2D eigenvalue weighted by Gasteiger charge is -2.16. The van der Waals surface area contributed by atoms with E-state index in [4.69, 9.17) is 5.73 Å². The van der Waals surface area contributed by atoms with Crippen molar-refractivity contribution in [3.05, 3.63) is 17.0 Å². The third kappa shape index (κ3) is 1.41. The summed E-state index contributed by atoms with van der Waals surface area (Å²) in [7, 11) is 0. The van der Waals surface area contributed by atoms with E-state index in [9.17, 15) is 0 Å². The molecular formula is C12H19N3. The third-order valence-electron chi connectivity index (χ3n) is 4.04. The Labute approximate surface area is 90.4 Å². The number of nitrogens with two attached hydrogens (primary N) is 1. The van der Waals surface area contributed by atoms with Gasteiger partial charge in [0.25, 0.3) is 0 Å². The topological polar surface area (TPSA) is 54.7 Å². The Morgan fingerprint density at radius 1 is 1.27 bits per heavy atom. The molecule has 1 heterocycles. The second kappa shape index (κ2) is 3.34. The van der Waals surface area contributed by atoms with Crippen LogP contribution in [0, 0.1) is 0 Å². The number of nitrogens with zero attached hydrogens (tertiary/aromatic N) is 1. The van der Waals surface area contributed by atoms with Gasteiger partial charge >= 0.3 is 0 Å². The fraction of sp³-hybridized carbons (Fsp3) is 0.750. The molecule has 0 aromatic carbocycles. The molecule has 1 fully saturated rings. The largest absolute Gasteiger partial charge is 0.330 e. The molecule has 3 heteroatoms. The standard InChI is InChI=1S/C12H19N3/c13-8-7-12(5-6-12)11-9-3-1-2-4-10(9)14-15-11/h1-8,13H2,(H,14,15). The van der Waals surface area contributed by atoms with Crippen molar-refractivity contribution in [2.45, 2.75) is 50.4 Å². The van der Waals surface area contributed by atoms with Gasteiger partial charge in [-0.05, 0) is 57.1 Å². The van der Waals surface area contributed by atoms with Crippen LogP contribution in [0.5, 0.6) is 0 Å². The van der Waals surface area contributed by atoms with Gasteiger partial charge in [0, 0.05) is 11.1 Å². The number of nitrogens with one attached hydrogen (secondary N) is 1. The van der Waals surface area contributed by atoms with Crippen molar-refractivity contribution >= 4 is 0 Å². The molecule has 0 bridgehead atoms. The smallest absolute Gasteiger partial charge is 0.0719 e. The monoisotopic (exact) mass is 205 g/mol. The van der Waals surface area contributed by atoms with Crippen molar-refractivity contribution in [1.29, 1.82) is 0 Å². The normalized spacial score (nSPS) is 22.5. The molecule has 1 aromatic rings. The fourth-order valence-corrected chi connectivity index (χ4v) is 2.95. The maximum atomic E-state index is 5.70. The van der Waals surface area contributed by atoms with E-state index in [0.717, 1.165) is 13.0 Å². The Bertz CT molecular complexity index is 363. The van der Waals surface area contributed by atoms with Gasteiger partial charge in [0.05, 0.1) is 5.69 Å². The first-order chi connectivity index (χ1) is 7.36. The van der Waals surface area contributed by atoms with Crippen LogP contribution in [0.2, 0.25) is 0 Å². The van der Waals surface area contributed by atoms with Gasteiger partial charge in [0.2, 0.25) is 0 Å². The van der Waals surface area contributed by atoms with Gasteiger partial charge in [-0.2, -0.15) is 5.10 Å². The van der Waals surface area contributed by atoms with E-state index in [2.05, 4.69) is 10.2 Å². The zero-order valence-electron chi connectivity index (χ0n) is 9.18. The highest BCUT2D eigenvalue weighted by molar-refractivity contribution is 5.37. The van der Waals surface area contributed by atoms with Crippen LogP contribution in [-0.4, -0.2) is 16.7 Å². The quantitative estimate of drug-likeness (QED) is 0.788. The molecule has 0 atom stereocenters. The lowest BCUT2D eigenvalue weighted by molar-refractivity contribution is 0.595. The van der Waals surface area contributed by atoms with Crippen molar-refractivity contribution in [2.24, 2.45) is 5.73 Å². The number of fused-ring (bicyclic) bond motifs is 1. The van der Waals surface area contributed by atoms with Gasteiger partial charge in [-0.15, -0.1) is 0 Å². The van der Waals surface area contributed by atoms with E-state index >= 15 is 0 Å². The molecule has 0 radical (unpaired) electrons. The van der Waals surface area contributed by atoms with Gasteiger partial charge in [-0.3, -0.25) is 5.10 Å². The Hall–Kier alpha value is -0.830. The number of aryl methyl sites for hydroxylation is 1. The van der Waals surface area contributed by atoms with Crippen molar-refractivity contribution in [2.75, 3.05) is 6.54 Å². The highest BCUT2D eigenvalue weighted by atomic mass is 15.1. The molecule has 0 unspecified atom stereocenters. The van der Waals surface area contributed by atoms with Crippen LogP contribution in [0.3, 0.4) is 0 Å². The highest BCUT2D eigenvalue weighted by Crippen LogP contribution is 2.51. The number of aromatic nitrogens is 2. The molecule has 3 nitrogen and oxygen atoms in total. The van der Waals surface area contributed by atoms with Crippen LogP contribution in [-0.2, 0) is 18.3 Å². The first-order valence-corrected chi connectivity index (χ1v) is 6.12. The van der Waals surface area contributed by atoms with E-state index in [0.29, 0.717) is 5.41 Å². The van der Waals surface area contributed by atoms with E-state index in [1.165, 1.54) is 55.5 Å². The first-order valence-electron chi connectivity index (χ1n) is 6.12. The number of rotatable bonds is 3. The summed E-state index contributed by atoms with van der Waals surface area (Å²) in [5.74, 6) is 0. The van der Waals surface area contributed by atoms with Crippen molar-refractivity contribution in [3.8, 4) is 0 Å². The van der Waals surface area contributed by atoms with E-state index < -0.39 is 0 Å². The minimum absolute atomic E-state index is 0.371. The van der Waals surface area contributed by atoms with Crippen LogP contribution >= 0.6 is 0 Å². The minimum atomic E-state index is 0.371. The molecule has 1 saturated carbocycles. The Morgan fingerprint density at radius 3 is 2.80 bits per heavy atom. The summed E-state index contributed by atoms with van der Waals surface area (Å²) in [5.41, 5.74) is 10.4. The Balaban J connectivity index is 1.95. The van der Waals surface area contributed by atoms with Gasteiger partial charge < -0.3 is 5.73 Å². The molecular weight excluding hydrogens is 186 g/mol. The average Bonchev–Trinajstić information content (AvgIpc) is 2.91. The lowest BCUT2D eigenvalue weighted by atomic mass is 9.88. The third-order valence-corrected chi connectivity index (χ3v) is 4.04. The number of H-pyrrole nitrogens is 1. The summed E-state index contributed by atoms with van der Waals surface area (Å²) in [6.45, 7) is 0.793. The van der Waals surface area contributed by atoms with Crippen LogP contribution in [0.25, 0.3) is 0 Å². The summed E-state index contributed by atoms with van der Waals surface area (Å²) >= 11 is 0. The van der Waals surface area contributed by atoms with Crippen LogP contribution in [0.1, 0.15) is 49.1 Å². The van der Waals surface area contributed by atoms with Crippen molar-refractivity contribution in [1.82, 2.24) is 10.2 Å².